The Kier molecular flexibility index (Phi) is 5.67. The van der Waals surface area contributed by atoms with Gasteiger partial charge in [-0.3, -0.25) is 0 Å². The Balaban J connectivity index is 2.10. The van der Waals surface area contributed by atoms with E-state index in [4.69, 9.17) is 4.98 Å². The van der Waals surface area contributed by atoms with Gasteiger partial charge < -0.3 is 10.2 Å². The zero-order valence-corrected chi connectivity index (χ0v) is 15.1. The Hall–Kier alpha value is -0.610. The Morgan fingerprint density at radius 3 is 2.52 bits per heavy atom. The quantitative estimate of drug-likeness (QED) is 0.773. The SMILES string of the molecule is CCCCN(c1nc(CC)c(CNC(C)(C)C)s1)C1CC1. The fraction of sp³-hybridized carbons (Fsp3) is 0.824. The molecule has 0 saturated heterocycles. The van der Waals surface area contributed by atoms with Gasteiger partial charge in [-0.05, 0) is 46.5 Å². The zero-order chi connectivity index (χ0) is 15.5. The lowest BCUT2D eigenvalue weighted by molar-refractivity contribution is 0.425. The van der Waals surface area contributed by atoms with Gasteiger partial charge in [0.25, 0.3) is 0 Å². The largest absolute Gasteiger partial charge is 0.345 e. The lowest BCUT2D eigenvalue weighted by Crippen LogP contribution is -2.35. The fourth-order valence-electron chi connectivity index (χ4n) is 2.40. The van der Waals surface area contributed by atoms with Crippen molar-refractivity contribution in [1.29, 1.82) is 0 Å². The number of nitrogens with one attached hydrogen (secondary N) is 1. The molecule has 4 heteroatoms. The molecule has 1 heterocycles. The van der Waals surface area contributed by atoms with Crippen molar-refractivity contribution in [1.82, 2.24) is 10.3 Å². The van der Waals surface area contributed by atoms with E-state index in [0.717, 1.165) is 19.0 Å². The van der Waals surface area contributed by atoms with E-state index in [1.165, 1.54) is 47.9 Å². The number of anilines is 1. The molecular weight excluding hydrogens is 278 g/mol. The minimum atomic E-state index is 0.160. The van der Waals surface area contributed by atoms with Crippen LogP contribution in [-0.2, 0) is 13.0 Å². The summed E-state index contributed by atoms with van der Waals surface area (Å²) in [5.41, 5.74) is 1.45. The van der Waals surface area contributed by atoms with Gasteiger partial charge >= 0.3 is 0 Å². The van der Waals surface area contributed by atoms with E-state index in [2.05, 4.69) is 44.8 Å². The number of aryl methyl sites for hydroxylation is 1. The average Bonchev–Trinajstić information content (AvgIpc) is 3.16. The van der Waals surface area contributed by atoms with E-state index in [0.29, 0.717) is 0 Å². The van der Waals surface area contributed by atoms with Gasteiger partial charge in [0.1, 0.15) is 0 Å². The predicted molar refractivity (Wildman–Crippen MR) is 93.4 cm³/mol. The highest BCUT2D eigenvalue weighted by Gasteiger charge is 2.31. The van der Waals surface area contributed by atoms with Gasteiger partial charge in [-0.25, -0.2) is 4.98 Å². The predicted octanol–water partition coefficient (Wildman–Crippen LogP) is 4.36. The lowest BCUT2D eigenvalue weighted by Gasteiger charge is -2.21. The van der Waals surface area contributed by atoms with Crippen molar-refractivity contribution in [2.45, 2.75) is 84.8 Å². The number of aromatic nitrogens is 1. The molecule has 2 rings (SSSR count). The summed E-state index contributed by atoms with van der Waals surface area (Å²) in [6.45, 7) is 13.3. The Bertz CT molecular complexity index is 443. The maximum Gasteiger partial charge on any atom is 0.186 e. The standard InChI is InChI=1S/C17H31N3S/c1-6-8-11-20(13-9-10-13)16-19-14(7-2)15(21-16)12-18-17(3,4)5/h13,18H,6-12H2,1-5H3. The molecule has 0 unspecified atom stereocenters. The lowest BCUT2D eigenvalue weighted by atomic mass is 10.1. The number of hydrogen-bond donors (Lipinski definition) is 1. The summed E-state index contributed by atoms with van der Waals surface area (Å²) in [4.78, 5) is 8.93. The van der Waals surface area contributed by atoms with Crippen LogP contribution in [0.4, 0.5) is 5.13 Å². The highest BCUT2D eigenvalue weighted by atomic mass is 32.1. The fourth-order valence-corrected chi connectivity index (χ4v) is 3.59. The van der Waals surface area contributed by atoms with Crippen LogP contribution in [0.1, 0.15) is 70.9 Å². The second-order valence-corrected chi connectivity index (χ2v) is 8.16. The third kappa shape index (κ3) is 4.96. The summed E-state index contributed by atoms with van der Waals surface area (Å²) >= 11 is 1.90. The topological polar surface area (TPSA) is 28.2 Å². The molecule has 0 bridgehead atoms. The molecule has 0 aliphatic heterocycles. The van der Waals surface area contributed by atoms with Crippen LogP contribution in [0, 0.1) is 0 Å². The first-order valence-corrected chi connectivity index (χ1v) is 9.26. The third-order valence-electron chi connectivity index (χ3n) is 3.87. The van der Waals surface area contributed by atoms with E-state index in [9.17, 15) is 0 Å². The van der Waals surface area contributed by atoms with Gasteiger partial charge in [0.05, 0.1) is 5.69 Å². The number of nitrogens with zero attached hydrogens (tertiary/aromatic N) is 2. The first kappa shape index (κ1) is 16.8. The van der Waals surface area contributed by atoms with Crippen molar-refractivity contribution in [3.63, 3.8) is 0 Å². The molecule has 21 heavy (non-hydrogen) atoms. The minimum absolute atomic E-state index is 0.160. The number of thiazole rings is 1. The average molecular weight is 310 g/mol. The zero-order valence-electron chi connectivity index (χ0n) is 14.3. The van der Waals surface area contributed by atoms with Gasteiger partial charge in [-0.2, -0.15) is 0 Å². The monoisotopic (exact) mass is 309 g/mol. The highest BCUT2D eigenvalue weighted by molar-refractivity contribution is 7.15. The smallest absolute Gasteiger partial charge is 0.186 e. The van der Waals surface area contributed by atoms with Crippen LogP contribution in [0.15, 0.2) is 0 Å². The minimum Gasteiger partial charge on any atom is -0.345 e. The van der Waals surface area contributed by atoms with E-state index < -0.39 is 0 Å². The molecular formula is C17H31N3S. The molecule has 1 aliphatic carbocycles. The van der Waals surface area contributed by atoms with Crippen LogP contribution < -0.4 is 10.2 Å². The molecule has 1 saturated carbocycles. The summed E-state index contributed by atoms with van der Waals surface area (Å²) in [6, 6.07) is 0.760. The van der Waals surface area contributed by atoms with E-state index in [-0.39, 0.29) is 5.54 Å². The van der Waals surface area contributed by atoms with Crippen molar-refractivity contribution in [3.05, 3.63) is 10.6 Å². The summed E-state index contributed by atoms with van der Waals surface area (Å²) in [5, 5.41) is 4.86. The Labute approximate surface area is 134 Å². The molecule has 1 fully saturated rings. The van der Waals surface area contributed by atoms with Crippen LogP contribution in [0.5, 0.6) is 0 Å². The van der Waals surface area contributed by atoms with Gasteiger partial charge in [-0.15, -0.1) is 11.3 Å². The molecule has 0 atom stereocenters. The molecule has 1 aromatic rings. The van der Waals surface area contributed by atoms with Crippen molar-refractivity contribution in [2.24, 2.45) is 0 Å². The molecule has 0 aromatic carbocycles. The first-order valence-electron chi connectivity index (χ1n) is 8.44. The molecule has 0 amide bonds. The van der Waals surface area contributed by atoms with Crippen molar-refractivity contribution in [2.75, 3.05) is 11.4 Å². The van der Waals surface area contributed by atoms with Crippen LogP contribution in [0.25, 0.3) is 0 Å². The van der Waals surface area contributed by atoms with Crippen molar-refractivity contribution in [3.8, 4) is 0 Å². The number of rotatable bonds is 8. The van der Waals surface area contributed by atoms with Gasteiger partial charge in [0.15, 0.2) is 5.13 Å². The second kappa shape index (κ2) is 7.10. The maximum absolute atomic E-state index is 4.95. The van der Waals surface area contributed by atoms with E-state index >= 15 is 0 Å². The highest BCUT2D eigenvalue weighted by Crippen LogP contribution is 2.36. The van der Waals surface area contributed by atoms with E-state index in [1.54, 1.807) is 0 Å². The second-order valence-electron chi connectivity index (χ2n) is 7.10. The van der Waals surface area contributed by atoms with Gasteiger partial charge in [0, 0.05) is 29.5 Å². The summed E-state index contributed by atoms with van der Waals surface area (Å²) in [6.07, 6.45) is 6.26. The number of hydrogen-bond acceptors (Lipinski definition) is 4. The summed E-state index contributed by atoms with van der Waals surface area (Å²) in [5.74, 6) is 0. The molecule has 0 radical (unpaired) electrons. The van der Waals surface area contributed by atoms with Crippen molar-refractivity contribution < 1.29 is 0 Å². The Morgan fingerprint density at radius 2 is 2.00 bits per heavy atom. The maximum atomic E-state index is 4.95. The first-order chi connectivity index (χ1) is 9.94. The van der Waals surface area contributed by atoms with Crippen LogP contribution >= 0.6 is 11.3 Å². The third-order valence-corrected chi connectivity index (χ3v) is 5.00. The molecule has 1 aliphatic rings. The van der Waals surface area contributed by atoms with E-state index in [1.807, 2.05) is 11.3 Å². The normalized spacial score (nSPS) is 15.5. The summed E-state index contributed by atoms with van der Waals surface area (Å²) in [7, 11) is 0. The molecule has 1 aromatic heterocycles. The molecule has 1 N–H and O–H groups in total. The Morgan fingerprint density at radius 1 is 1.29 bits per heavy atom. The summed E-state index contributed by atoms with van der Waals surface area (Å²) < 4.78 is 0. The van der Waals surface area contributed by atoms with Crippen LogP contribution in [0.2, 0.25) is 0 Å². The number of unbranched alkanes of at least 4 members (excludes halogenated alkanes) is 1. The van der Waals surface area contributed by atoms with Crippen LogP contribution in [0.3, 0.4) is 0 Å². The van der Waals surface area contributed by atoms with Crippen LogP contribution in [-0.4, -0.2) is 23.1 Å². The van der Waals surface area contributed by atoms with Crippen molar-refractivity contribution >= 4 is 16.5 Å². The molecule has 3 nitrogen and oxygen atoms in total. The molecule has 120 valence electrons. The van der Waals surface area contributed by atoms with Gasteiger partial charge in [0.2, 0.25) is 0 Å². The molecule has 0 spiro atoms. The van der Waals surface area contributed by atoms with Gasteiger partial charge in [-0.1, -0.05) is 20.3 Å².